The van der Waals surface area contributed by atoms with Gasteiger partial charge in [-0.15, -0.1) is 0 Å². The van der Waals surface area contributed by atoms with Crippen molar-refractivity contribution >= 4 is 9.17 Å². The van der Waals surface area contributed by atoms with Gasteiger partial charge in [-0.05, 0) is 6.42 Å². The minimum absolute atomic E-state index is 0.257. The van der Waals surface area contributed by atoms with Gasteiger partial charge in [0.05, 0.1) is 13.2 Å². The quantitative estimate of drug-likeness (QED) is 0.345. The van der Waals surface area contributed by atoms with Crippen molar-refractivity contribution in [1.29, 1.82) is 0 Å². The molecule has 13 heavy (non-hydrogen) atoms. The summed E-state index contributed by atoms with van der Waals surface area (Å²) in [6.45, 7) is 2.20. The Morgan fingerprint density at radius 1 is 1.46 bits per heavy atom. The Bertz CT molecular complexity index is 185. The van der Waals surface area contributed by atoms with Crippen LogP contribution in [0.2, 0.25) is 0 Å². The van der Waals surface area contributed by atoms with Crippen LogP contribution in [0.25, 0.3) is 0 Å². The fourth-order valence-electron chi connectivity index (χ4n) is 1.07. The van der Waals surface area contributed by atoms with Crippen LogP contribution in [0.5, 0.6) is 0 Å². The molecule has 0 aliphatic carbocycles. The van der Waals surface area contributed by atoms with Crippen LogP contribution in [0.4, 0.5) is 0 Å². The molecule has 1 unspecified atom stereocenters. The Morgan fingerprint density at radius 3 is 2.85 bits per heavy atom. The van der Waals surface area contributed by atoms with E-state index in [1.807, 2.05) is 0 Å². The third-order valence-corrected chi connectivity index (χ3v) is 2.80. The van der Waals surface area contributed by atoms with E-state index in [9.17, 15) is 4.46 Å². The van der Waals surface area contributed by atoms with Gasteiger partial charge in [-0.2, -0.15) is 0 Å². The number of epoxide rings is 1. The molecule has 2 aliphatic heterocycles. The Balaban J connectivity index is 1.38. The molecule has 0 saturated carbocycles. The zero-order valence-corrected chi connectivity index (χ0v) is 8.23. The molecule has 2 aliphatic rings. The van der Waals surface area contributed by atoms with Gasteiger partial charge in [0.1, 0.15) is 6.10 Å². The standard InChI is InChI=1S/C7H12O5Si/c8-13-11-7(12-13)2-1-3-9-4-6-5-10-6/h6-7H,1-5H2. The first-order valence-corrected chi connectivity index (χ1v) is 5.63. The molecule has 0 N–H and O–H groups in total. The second-order valence-electron chi connectivity index (χ2n) is 3.09. The maximum absolute atomic E-state index is 10.4. The maximum atomic E-state index is 10.4. The van der Waals surface area contributed by atoms with Gasteiger partial charge in [0.25, 0.3) is 0 Å². The second-order valence-corrected chi connectivity index (χ2v) is 4.06. The van der Waals surface area contributed by atoms with Crippen molar-refractivity contribution in [3.05, 3.63) is 0 Å². The van der Waals surface area contributed by atoms with E-state index in [-0.39, 0.29) is 6.29 Å². The van der Waals surface area contributed by atoms with Gasteiger partial charge in [-0.1, -0.05) is 0 Å². The highest BCUT2D eigenvalue weighted by molar-refractivity contribution is 6.28. The van der Waals surface area contributed by atoms with Gasteiger partial charge in [0.2, 0.25) is 6.29 Å². The zero-order chi connectivity index (χ0) is 9.10. The normalized spacial score (nSPS) is 26.2. The van der Waals surface area contributed by atoms with Crippen molar-refractivity contribution < 1.29 is 22.8 Å². The first-order valence-electron chi connectivity index (χ1n) is 4.41. The van der Waals surface area contributed by atoms with E-state index in [4.69, 9.17) is 18.3 Å². The van der Waals surface area contributed by atoms with E-state index >= 15 is 0 Å². The molecule has 74 valence electrons. The molecule has 0 radical (unpaired) electrons. The minimum atomic E-state index is -2.10. The molecular weight excluding hydrogens is 192 g/mol. The van der Waals surface area contributed by atoms with Gasteiger partial charge in [-0.3, -0.25) is 4.46 Å². The van der Waals surface area contributed by atoms with E-state index in [0.29, 0.717) is 19.3 Å². The summed E-state index contributed by atoms with van der Waals surface area (Å²) in [5.74, 6) is 0. The molecule has 2 fully saturated rings. The molecular formula is C7H12O5Si. The topological polar surface area (TPSA) is 57.3 Å². The summed E-state index contributed by atoms with van der Waals surface area (Å²) in [6, 6.07) is 0. The van der Waals surface area contributed by atoms with Crippen LogP contribution in [0.15, 0.2) is 0 Å². The Kier molecular flexibility index (Phi) is 2.92. The molecule has 0 amide bonds. The molecule has 6 heteroatoms. The van der Waals surface area contributed by atoms with Crippen LogP contribution >= 0.6 is 0 Å². The van der Waals surface area contributed by atoms with Crippen molar-refractivity contribution in [3.8, 4) is 0 Å². The summed E-state index contributed by atoms with van der Waals surface area (Å²) < 4.78 is 30.3. The molecule has 0 aromatic rings. The number of rotatable bonds is 6. The molecule has 1 atom stereocenters. The lowest BCUT2D eigenvalue weighted by Crippen LogP contribution is -2.38. The van der Waals surface area contributed by atoms with Gasteiger partial charge in [0, 0.05) is 13.0 Å². The molecule has 2 saturated heterocycles. The lowest BCUT2D eigenvalue weighted by Gasteiger charge is -2.25. The summed E-state index contributed by atoms with van der Waals surface area (Å²) in [5.41, 5.74) is 0. The monoisotopic (exact) mass is 204 g/mol. The predicted molar refractivity (Wildman–Crippen MR) is 42.2 cm³/mol. The van der Waals surface area contributed by atoms with Crippen LogP contribution in [0, 0.1) is 0 Å². The highest BCUT2D eigenvalue weighted by atomic mass is 28.3. The van der Waals surface area contributed by atoms with Gasteiger partial charge >= 0.3 is 9.17 Å². The molecule has 0 aromatic heterocycles. The van der Waals surface area contributed by atoms with Crippen LogP contribution < -0.4 is 0 Å². The lowest BCUT2D eigenvalue weighted by molar-refractivity contribution is -0.129. The van der Waals surface area contributed by atoms with E-state index < -0.39 is 9.17 Å². The van der Waals surface area contributed by atoms with E-state index in [2.05, 4.69) is 0 Å². The van der Waals surface area contributed by atoms with Crippen molar-refractivity contribution in [2.75, 3.05) is 19.8 Å². The first kappa shape index (κ1) is 9.11. The number of hydrogen-bond acceptors (Lipinski definition) is 5. The van der Waals surface area contributed by atoms with E-state index in [1.165, 1.54) is 0 Å². The largest absolute Gasteiger partial charge is 0.772 e. The third-order valence-electron chi connectivity index (χ3n) is 1.89. The van der Waals surface area contributed by atoms with Crippen molar-refractivity contribution in [2.45, 2.75) is 25.2 Å². The van der Waals surface area contributed by atoms with Crippen LogP contribution in [-0.4, -0.2) is 41.4 Å². The van der Waals surface area contributed by atoms with Gasteiger partial charge < -0.3 is 18.3 Å². The molecule has 0 spiro atoms. The summed E-state index contributed by atoms with van der Waals surface area (Å²) in [6.07, 6.45) is 1.69. The summed E-state index contributed by atoms with van der Waals surface area (Å²) in [4.78, 5) is 0. The third kappa shape index (κ3) is 3.05. The van der Waals surface area contributed by atoms with Crippen LogP contribution in [0.1, 0.15) is 12.8 Å². The smallest absolute Gasteiger partial charge is 0.461 e. The molecule has 0 bridgehead atoms. The van der Waals surface area contributed by atoms with Gasteiger partial charge in [0.15, 0.2) is 0 Å². The van der Waals surface area contributed by atoms with Crippen LogP contribution in [-0.2, 0) is 22.8 Å². The number of hydrogen-bond donors (Lipinski definition) is 0. The van der Waals surface area contributed by atoms with Crippen molar-refractivity contribution in [1.82, 2.24) is 0 Å². The Morgan fingerprint density at radius 2 is 2.23 bits per heavy atom. The predicted octanol–water partition coefficient (Wildman–Crippen LogP) is -0.0297. The fourth-order valence-corrected chi connectivity index (χ4v) is 1.76. The fraction of sp³-hybridized carbons (Fsp3) is 1.00. The summed E-state index contributed by atoms with van der Waals surface area (Å²) >= 11 is 0. The molecule has 5 nitrogen and oxygen atoms in total. The highest BCUT2D eigenvalue weighted by Gasteiger charge is 2.33. The number of ether oxygens (including phenoxy) is 2. The second kappa shape index (κ2) is 4.16. The average Bonchev–Trinajstić information content (AvgIpc) is 2.84. The lowest BCUT2D eigenvalue weighted by atomic mass is 10.3. The molecule has 0 aromatic carbocycles. The maximum Gasteiger partial charge on any atom is 0.772 e. The minimum Gasteiger partial charge on any atom is -0.461 e. The van der Waals surface area contributed by atoms with E-state index in [0.717, 1.165) is 19.4 Å². The SMILES string of the molecule is O=[Si]1OC(CCCOCC2CO2)O1. The van der Waals surface area contributed by atoms with Gasteiger partial charge in [-0.25, -0.2) is 0 Å². The summed E-state index contributed by atoms with van der Waals surface area (Å²) in [5, 5.41) is 0. The average molecular weight is 204 g/mol. The first-order chi connectivity index (χ1) is 6.34. The summed E-state index contributed by atoms with van der Waals surface area (Å²) in [7, 11) is -2.10. The Hall–Kier alpha value is -0.463. The zero-order valence-electron chi connectivity index (χ0n) is 7.23. The van der Waals surface area contributed by atoms with Crippen molar-refractivity contribution in [2.24, 2.45) is 0 Å². The van der Waals surface area contributed by atoms with Crippen molar-refractivity contribution in [3.63, 3.8) is 0 Å². The molecule has 2 rings (SSSR count). The molecule has 2 heterocycles. The van der Waals surface area contributed by atoms with Crippen LogP contribution in [0.3, 0.4) is 0 Å². The van der Waals surface area contributed by atoms with E-state index in [1.54, 1.807) is 0 Å². The highest BCUT2D eigenvalue weighted by Crippen LogP contribution is 2.14. The Labute approximate surface area is 77.8 Å².